The largest absolute Gasteiger partial charge is 0.368 e. The lowest BCUT2D eigenvalue weighted by atomic mass is 9.91. The highest BCUT2D eigenvalue weighted by molar-refractivity contribution is 5.97. The van der Waals surface area contributed by atoms with Crippen molar-refractivity contribution in [3.63, 3.8) is 0 Å². The molecule has 1 aliphatic rings. The maximum absolute atomic E-state index is 13.5. The van der Waals surface area contributed by atoms with E-state index in [0.717, 1.165) is 13.1 Å². The Balaban J connectivity index is 0.00000180. The quantitative estimate of drug-likeness (QED) is 0.894. The van der Waals surface area contributed by atoms with Crippen LogP contribution in [0.1, 0.15) is 12.8 Å². The van der Waals surface area contributed by atoms with Gasteiger partial charge in [0.15, 0.2) is 0 Å². The molecular weight excluding hydrogens is 271 g/mol. The first-order chi connectivity index (χ1) is 8.68. The molecule has 1 heterocycles. The number of ether oxygens (including phenoxy) is 1. The fraction of sp³-hybridized carbons (Fsp3) is 0.462. The number of nitrogens with one attached hydrogen (secondary N) is 2. The van der Waals surface area contributed by atoms with Gasteiger partial charge < -0.3 is 15.4 Å². The number of methoxy groups -OCH3 is 1. The monoisotopic (exact) mass is 288 g/mol. The molecule has 0 aliphatic carbocycles. The van der Waals surface area contributed by atoms with Crippen molar-refractivity contribution in [1.29, 1.82) is 0 Å². The number of rotatable bonds is 3. The Morgan fingerprint density at radius 2 is 2.00 bits per heavy atom. The minimum Gasteiger partial charge on any atom is -0.368 e. The highest BCUT2D eigenvalue weighted by Gasteiger charge is 2.39. The summed E-state index contributed by atoms with van der Waals surface area (Å²) >= 11 is 0. The smallest absolute Gasteiger partial charge is 0.256 e. The van der Waals surface area contributed by atoms with Gasteiger partial charge >= 0.3 is 0 Å². The number of carbonyl (C=O) groups is 1. The van der Waals surface area contributed by atoms with Gasteiger partial charge in [-0.3, -0.25) is 4.79 Å². The molecule has 0 saturated carbocycles. The van der Waals surface area contributed by atoms with Crippen LogP contribution in [0.25, 0.3) is 0 Å². The molecule has 1 fully saturated rings. The second-order valence-electron chi connectivity index (χ2n) is 4.38. The van der Waals surface area contributed by atoms with Crippen LogP contribution in [0.2, 0.25) is 0 Å². The van der Waals surface area contributed by atoms with E-state index >= 15 is 0 Å². The molecule has 1 aliphatic heterocycles. The number of amides is 1. The van der Waals surface area contributed by atoms with E-state index in [9.17, 15) is 9.18 Å². The molecule has 1 aromatic carbocycles. The van der Waals surface area contributed by atoms with Crippen LogP contribution >= 0.6 is 12.4 Å². The molecule has 0 atom stereocenters. The molecule has 106 valence electrons. The van der Waals surface area contributed by atoms with E-state index in [4.69, 9.17) is 4.74 Å². The first-order valence-electron chi connectivity index (χ1n) is 6.00. The lowest BCUT2D eigenvalue weighted by Gasteiger charge is -2.34. The lowest BCUT2D eigenvalue weighted by molar-refractivity contribution is -0.140. The fourth-order valence-electron chi connectivity index (χ4n) is 2.15. The zero-order valence-corrected chi connectivity index (χ0v) is 11.6. The van der Waals surface area contributed by atoms with Crippen LogP contribution in [0.15, 0.2) is 24.3 Å². The summed E-state index contributed by atoms with van der Waals surface area (Å²) in [4.78, 5) is 12.2. The van der Waals surface area contributed by atoms with Gasteiger partial charge in [-0.15, -0.1) is 12.4 Å². The van der Waals surface area contributed by atoms with Gasteiger partial charge in [0, 0.05) is 7.11 Å². The number of anilines is 1. The first-order valence-corrected chi connectivity index (χ1v) is 6.00. The maximum Gasteiger partial charge on any atom is 0.256 e. The number of hydrogen-bond acceptors (Lipinski definition) is 3. The van der Waals surface area contributed by atoms with Crippen molar-refractivity contribution in [3.05, 3.63) is 30.1 Å². The second kappa shape index (κ2) is 6.84. The van der Waals surface area contributed by atoms with Crippen LogP contribution in [0.4, 0.5) is 10.1 Å². The molecular formula is C13H18ClFN2O2. The number of para-hydroxylation sites is 1. The summed E-state index contributed by atoms with van der Waals surface area (Å²) in [6, 6.07) is 6.12. The average Bonchev–Trinajstić information content (AvgIpc) is 2.42. The Kier molecular flexibility index (Phi) is 5.72. The van der Waals surface area contributed by atoms with Crippen molar-refractivity contribution in [2.24, 2.45) is 0 Å². The van der Waals surface area contributed by atoms with Crippen molar-refractivity contribution in [2.75, 3.05) is 25.5 Å². The van der Waals surface area contributed by atoms with Gasteiger partial charge in [0.1, 0.15) is 11.4 Å². The topological polar surface area (TPSA) is 50.4 Å². The van der Waals surface area contributed by atoms with Crippen molar-refractivity contribution in [3.8, 4) is 0 Å². The fourth-order valence-corrected chi connectivity index (χ4v) is 2.15. The molecule has 1 saturated heterocycles. The molecule has 0 bridgehead atoms. The summed E-state index contributed by atoms with van der Waals surface area (Å²) in [6.07, 6.45) is 1.17. The highest BCUT2D eigenvalue weighted by atomic mass is 35.5. The standard InChI is InChI=1S/C13H17FN2O2.ClH/c1-18-13(6-8-15-9-7-13)12(17)16-11-5-3-2-4-10(11)14;/h2-5,15H,6-9H2,1H3,(H,16,17);1H. The summed E-state index contributed by atoms with van der Waals surface area (Å²) in [6.45, 7) is 1.44. The van der Waals surface area contributed by atoms with Gasteiger partial charge in [-0.25, -0.2) is 4.39 Å². The van der Waals surface area contributed by atoms with E-state index in [0.29, 0.717) is 12.8 Å². The maximum atomic E-state index is 13.5. The lowest BCUT2D eigenvalue weighted by Crippen LogP contribution is -2.51. The summed E-state index contributed by atoms with van der Waals surface area (Å²) in [5, 5.41) is 5.77. The van der Waals surface area contributed by atoms with Crippen LogP contribution in [0, 0.1) is 5.82 Å². The Hall–Kier alpha value is -1.17. The normalized spacial score (nSPS) is 17.4. The van der Waals surface area contributed by atoms with E-state index < -0.39 is 11.4 Å². The molecule has 4 nitrogen and oxygen atoms in total. The summed E-state index contributed by atoms with van der Waals surface area (Å²) in [5.41, 5.74) is -0.662. The van der Waals surface area contributed by atoms with Gasteiger partial charge in [0.2, 0.25) is 0 Å². The van der Waals surface area contributed by atoms with E-state index in [1.54, 1.807) is 12.1 Å². The van der Waals surface area contributed by atoms with Crippen molar-refractivity contribution in [2.45, 2.75) is 18.4 Å². The van der Waals surface area contributed by atoms with E-state index in [1.807, 2.05) is 0 Å². The molecule has 0 unspecified atom stereocenters. The predicted octanol–water partition coefficient (Wildman–Crippen LogP) is 1.95. The summed E-state index contributed by atoms with van der Waals surface area (Å²) < 4.78 is 18.9. The van der Waals surface area contributed by atoms with Crippen LogP contribution in [-0.4, -0.2) is 31.7 Å². The first kappa shape index (κ1) is 15.9. The van der Waals surface area contributed by atoms with E-state index in [1.165, 1.54) is 19.2 Å². The number of benzene rings is 1. The van der Waals surface area contributed by atoms with Crippen LogP contribution < -0.4 is 10.6 Å². The van der Waals surface area contributed by atoms with Gasteiger partial charge in [0.25, 0.3) is 5.91 Å². The number of piperidine rings is 1. The molecule has 19 heavy (non-hydrogen) atoms. The van der Waals surface area contributed by atoms with Gasteiger partial charge in [0.05, 0.1) is 5.69 Å². The zero-order chi connectivity index (χ0) is 13.0. The Morgan fingerprint density at radius 3 is 2.58 bits per heavy atom. The van der Waals surface area contributed by atoms with Crippen LogP contribution in [0.5, 0.6) is 0 Å². The zero-order valence-electron chi connectivity index (χ0n) is 10.7. The molecule has 0 aromatic heterocycles. The molecule has 0 spiro atoms. The molecule has 1 amide bonds. The molecule has 2 rings (SSSR count). The SMILES string of the molecule is COC1(C(=O)Nc2ccccc2F)CCNCC1.Cl. The summed E-state index contributed by atoms with van der Waals surface area (Å²) in [7, 11) is 1.52. The Bertz CT molecular complexity index is 436. The van der Waals surface area contributed by atoms with Crippen molar-refractivity contribution in [1.82, 2.24) is 5.32 Å². The third kappa shape index (κ3) is 3.43. The molecule has 1 aromatic rings. The van der Waals surface area contributed by atoms with Crippen LogP contribution in [-0.2, 0) is 9.53 Å². The molecule has 2 N–H and O–H groups in total. The van der Waals surface area contributed by atoms with E-state index in [2.05, 4.69) is 10.6 Å². The van der Waals surface area contributed by atoms with Gasteiger partial charge in [-0.2, -0.15) is 0 Å². The third-order valence-electron chi connectivity index (χ3n) is 3.34. The molecule has 6 heteroatoms. The van der Waals surface area contributed by atoms with Crippen molar-refractivity contribution < 1.29 is 13.9 Å². The highest BCUT2D eigenvalue weighted by Crippen LogP contribution is 2.25. The predicted molar refractivity (Wildman–Crippen MR) is 74.1 cm³/mol. The van der Waals surface area contributed by atoms with Gasteiger partial charge in [-0.1, -0.05) is 12.1 Å². The summed E-state index contributed by atoms with van der Waals surface area (Å²) in [5.74, 6) is -0.720. The number of hydrogen-bond donors (Lipinski definition) is 2. The molecule has 0 radical (unpaired) electrons. The minimum absolute atomic E-state index is 0. The van der Waals surface area contributed by atoms with Crippen molar-refractivity contribution >= 4 is 24.0 Å². The van der Waals surface area contributed by atoms with E-state index in [-0.39, 0.29) is 24.0 Å². The third-order valence-corrected chi connectivity index (χ3v) is 3.34. The van der Waals surface area contributed by atoms with Crippen LogP contribution in [0.3, 0.4) is 0 Å². The second-order valence-corrected chi connectivity index (χ2v) is 4.38. The Labute approximate surface area is 118 Å². The van der Waals surface area contributed by atoms with Gasteiger partial charge in [-0.05, 0) is 38.1 Å². The minimum atomic E-state index is -0.854. The number of halogens is 2. The number of carbonyl (C=O) groups excluding carboxylic acids is 1. The average molecular weight is 289 g/mol. The Morgan fingerprint density at radius 1 is 1.37 bits per heavy atom.